The van der Waals surface area contributed by atoms with Gasteiger partial charge in [0.25, 0.3) is 0 Å². The van der Waals surface area contributed by atoms with Crippen LogP contribution in [0.15, 0.2) is 0 Å². The average molecular weight is 274 g/mol. The van der Waals surface area contributed by atoms with Crippen LogP contribution < -0.4 is 11.1 Å². The zero-order chi connectivity index (χ0) is 14.6. The van der Waals surface area contributed by atoms with Gasteiger partial charge in [-0.1, -0.05) is 20.3 Å². The summed E-state index contributed by atoms with van der Waals surface area (Å²) >= 11 is 0. The van der Waals surface area contributed by atoms with E-state index in [9.17, 15) is 4.79 Å². The molecule has 0 spiro atoms. The summed E-state index contributed by atoms with van der Waals surface area (Å²) in [7, 11) is 0. The lowest BCUT2D eigenvalue weighted by Gasteiger charge is -2.28. The van der Waals surface area contributed by atoms with Gasteiger partial charge in [-0.2, -0.15) is 0 Å². The number of ether oxygens (including phenoxy) is 2. The Labute approximate surface area is 117 Å². The summed E-state index contributed by atoms with van der Waals surface area (Å²) in [5.41, 5.74) is 4.82. The zero-order valence-electron chi connectivity index (χ0n) is 12.7. The van der Waals surface area contributed by atoms with Gasteiger partial charge in [-0.3, -0.25) is 4.79 Å². The highest BCUT2D eigenvalue weighted by Gasteiger charge is 2.29. The summed E-state index contributed by atoms with van der Waals surface area (Å²) < 4.78 is 10.5. The van der Waals surface area contributed by atoms with E-state index in [2.05, 4.69) is 12.2 Å². The summed E-state index contributed by atoms with van der Waals surface area (Å²) in [4.78, 5) is 12.1. The fraction of sp³-hybridized carbons (Fsp3) is 0.929. The molecule has 0 aromatic heterocycles. The Kier molecular flexibility index (Phi) is 11.1. The number of Topliss-reactive ketones (excluding diaryl/α,β-unsaturated/α-hetero) is 1. The maximum atomic E-state index is 12.1. The lowest BCUT2D eigenvalue weighted by Crippen LogP contribution is -2.51. The lowest BCUT2D eigenvalue weighted by atomic mass is 9.93. The molecule has 1 atom stereocenters. The predicted octanol–water partition coefficient (Wildman–Crippen LogP) is 1.11. The average Bonchev–Trinajstić information content (AvgIpc) is 2.42. The van der Waals surface area contributed by atoms with Gasteiger partial charge in [-0.15, -0.1) is 0 Å². The number of hydrogen-bond donors (Lipinski definition) is 2. The van der Waals surface area contributed by atoms with Crippen LogP contribution >= 0.6 is 0 Å². The summed E-state index contributed by atoms with van der Waals surface area (Å²) in [5.74, 6) is 0.102. The van der Waals surface area contributed by atoms with Crippen LogP contribution in [0.5, 0.6) is 0 Å². The topological polar surface area (TPSA) is 73.6 Å². The molecule has 0 rings (SSSR count). The van der Waals surface area contributed by atoms with Crippen LogP contribution in [0.3, 0.4) is 0 Å². The summed E-state index contributed by atoms with van der Waals surface area (Å²) in [6, 6.07) is 0. The maximum absolute atomic E-state index is 12.1. The molecule has 5 nitrogen and oxygen atoms in total. The van der Waals surface area contributed by atoms with Gasteiger partial charge in [0.05, 0.1) is 25.4 Å². The number of ketones is 1. The first-order valence-corrected chi connectivity index (χ1v) is 7.24. The molecule has 0 aliphatic rings. The molecule has 0 saturated carbocycles. The second-order valence-corrected chi connectivity index (χ2v) is 4.84. The van der Waals surface area contributed by atoms with Crippen LogP contribution in [-0.2, 0) is 14.3 Å². The van der Waals surface area contributed by atoms with Crippen LogP contribution in [0.2, 0.25) is 0 Å². The molecule has 0 aromatic rings. The molecule has 3 N–H and O–H groups in total. The molecule has 0 saturated heterocycles. The third-order valence-corrected chi connectivity index (χ3v) is 3.24. The third-order valence-electron chi connectivity index (χ3n) is 3.24. The number of rotatable bonds is 13. The van der Waals surface area contributed by atoms with Gasteiger partial charge >= 0.3 is 0 Å². The minimum atomic E-state index is -0.479. The van der Waals surface area contributed by atoms with E-state index in [-0.39, 0.29) is 12.4 Å². The second kappa shape index (κ2) is 11.3. The van der Waals surface area contributed by atoms with Crippen molar-refractivity contribution < 1.29 is 14.3 Å². The van der Waals surface area contributed by atoms with Gasteiger partial charge in [0, 0.05) is 6.54 Å². The fourth-order valence-electron chi connectivity index (χ4n) is 1.59. The van der Waals surface area contributed by atoms with Crippen LogP contribution in [0, 0.1) is 0 Å². The van der Waals surface area contributed by atoms with E-state index in [0.29, 0.717) is 26.4 Å². The van der Waals surface area contributed by atoms with Crippen molar-refractivity contribution in [3.05, 3.63) is 0 Å². The van der Waals surface area contributed by atoms with Gasteiger partial charge in [-0.25, -0.2) is 0 Å². The van der Waals surface area contributed by atoms with E-state index in [1.165, 1.54) is 0 Å². The van der Waals surface area contributed by atoms with Crippen molar-refractivity contribution >= 4 is 5.78 Å². The molecule has 5 heteroatoms. The molecule has 0 aromatic carbocycles. The molecule has 0 aliphatic heterocycles. The molecule has 19 heavy (non-hydrogen) atoms. The first kappa shape index (κ1) is 18.5. The molecule has 1 unspecified atom stereocenters. The van der Waals surface area contributed by atoms with Gasteiger partial charge in [0.15, 0.2) is 5.78 Å². The monoisotopic (exact) mass is 274 g/mol. The smallest absolute Gasteiger partial charge is 0.178 e. The summed E-state index contributed by atoms with van der Waals surface area (Å²) in [6.07, 6.45) is 2.97. The molecular formula is C14H30N2O3. The summed E-state index contributed by atoms with van der Waals surface area (Å²) in [5, 5.41) is 3.33. The normalized spacial score (nSPS) is 14.3. The van der Waals surface area contributed by atoms with Crippen LogP contribution in [0.25, 0.3) is 0 Å². The van der Waals surface area contributed by atoms with Crippen molar-refractivity contribution in [3.63, 3.8) is 0 Å². The number of unbranched alkanes of at least 4 members (excludes halogenated alkanes) is 1. The van der Waals surface area contributed by atoms with Gasteiger partial charge in [0.1, 0.15) is 6.61 Å². The highest BCUT2D eigenvalue weighted by Crippen LogP contribution is 2.11. The molecule has 0 heterocycles. The van der Waals surface area contributed by atoms with E-state index in [1.54, 1.807) is 0 Å². The van der Waals surface area contributed by atoms with Gasteiger partial charge in [-0.05, 0) is 26.3 Å². The Morgan fingerprint density at radius 3 is 2.47 bits per heavy atom. The Hall–Kier alpha value is -0.490. The van der Waals surface area contributed by atoms with E-state index < -0.39 is 5.54 Å². The van der Waals surface area contributed by atoms with E-state index in [0.717, 1.165) is 25.8 Å². The molecule has 114 valence electrons. The minimum absolute atomic E-state index is 0.102. The van der Waals surface area contributed by atoms with Crippen molar-refractivity contribution in [1.29, 1.82) is 0 Å². The molecular weight excluding hydrogens is 244 g/mol. The van der Waals surface area contributed by atoms with Crippen LogP contribution in [-0.4, -0.2) is 50.8 Å². The van der Waals surface area contributed by atoms with E-state index >= 15 is 0 Å². The summed E-state index contributed by atoms with van der Waals surface area (Å²) in [6.45, 7) is 9.05. The fourth-order valence-corrected chi connectivity index (χ4v) is 1.59. The molecule has 0 fully saturated rings. The minimum Gasteiger partial charge on any atom is -0.378 e. The van der Waals surface area contributed by atoms with Crippen molar-refractivity contribution in [3.8, 4) is 0 Å². The maximum Gasteiger partial charge on any atom is 0.178 e. The molecule has 0 radical (unpaired) electrons. The van der Waals surface area contributed by atoms with Crippen molar-refractivity contribution in [2.75, 3.05) is 39.5 Å². The number of carbonyl (C=O) groups excluding carboxylic acids is 1. The van der Waals surface area contributed by atoms with Crippen LogP contribution in [0.1, 0.15) is 40.0 Å². The third kappa shape index (κ3) is 8.31. The number of carbonyl (C=O) groups is 1. The number of nitrogens with two attached hydrogens (primary N) is 1. The number of nitrogens with one attached hydrogen (secondary N) is 1. The zero-order valence-corrected chi connectivity index (χ0v) is 12.7. The number of hydrogen-bond acceptors (Lipinski definition) is 5. The predicted molar refractivity (Wildman–Crippen MR) is 77.3 cm³/mol. The first-order valence-electron chi connectivity index (χ1n) is 7.24. The Morgan fingerprint density at radius 2 is 1.89 bits per heavy atom. The second-order valence-electron chi connectivity index (χ2n) is 4.84. The van der Waals surface area contributed by atoms with Crippen LogP contribution in [0.4, 0.5) is 0 Å². The standard InChI is InChI=1S/C14H30N2O3/c1-4-6-8-16-14(3,5-2)13(17)12-19-11-10-18-9-7-15/h16H,4-12,15H2,1-3H3. The quantitative estimate of drug-likeness (QED) is 0.492. The molecule has 0 amide bonds. The highest BCUT2D eigenvalue weighted by molar-refractivity contribution is 5.89. The molecule has 0 aliphatic carbocycles. The first-order chi connectivity index (χ1) is 9.10. The van der Waals surface area contributed by atoms with Crippen molar-refractivity contribution in [2.24, 2.45) is 5.73 Å². The van der Waals surface area contributed by atoms with Gasteiger partial charge < -0.3 is 20.5 Å². The van der Waals surface area contributed by atoms with E-state index in [4.69, 9.17) is 15.2 Å². The largest absolute Gasteiger partial charge is 0.378 e. The van der Waals surface area contributed by atoms with Crippen molar-refractivity contribution in [2.45, 2.75) is 45.6 Å². The Balaban J connectivity index is 3.86. The molecule has 0 bridgehead atoms. The Morgan fingerprint density at radius 1 is 1.21 bits per heavy atom. The highest BCUT2D eigenvalue weighted by atomic mass is 16.5. The van der Waals surface area contributed by atoms with E-state index in [1.807, 2.05) is 13.8 Å². The van der Waals surface area contributed by atoms with Gasteiger partial charge in [0.2, 0.25) is 0 Å². The lowest BCUT2D eigenvalue weighted by molar-refractivity contribution is -0.130. The van der Waals surface area contributed by atoms with Crippen molar-refractivity contribution in [1.82, 2.24) is 5.32 Å². The SMILES string of the molecule is CCCCNC(C)(CC)C(=O)COCCOCCN. The Bertz CT molecular complexity index is 237.